The van der Waals surface area contributed by atoms with Gasteiger partial charge in [-0.3, -0.25) is 0 Å². The van der Waals surface area contributed by atoms with Crippen molar-refractivity contribution in [3.05, 3.63) is 23.5 Å². The Balaban J connectivity index is 2.64. The highest BCUT2D eigenvalue weighted by atomic mass is 32.2. The van der Waals surface area contributed by atoms with Gasteiger partial charge in [0.1, 0.15) is 5.82 Å². The second-order valence-corrected chi connectivity index (χ2v) is 7.55. The third kappa shape index (κ3) is 2.29. The second kappa shape index (κ2) is 4.51. The average molecular weight is 289 g/mol. The lowest BCUT2D eigenvalue weighted by molar-refractivity contribution is 0.570. The number of rotatable bonds is 4. The van der Waals surface area contributed by atoms with Gasteiger partial charge in [0.05, 0.1) is 9.79 Å². The Labute approximate surface area is 111 Å². The zero-order valence-electron chi connectivity index (χ0n) is 10.4. The van der Waals surface area contributed by atoms with E-state index in [1.165, 1.54) is 6.07 Å². The summed E-state index contributed by atoms with van der Waals surface area (Å²) < 4.78 is 37.5. The Morgan fingerprint density at radius 1 is 1.44 bits per heavy atom. The highest BCUT2D eigenvalue weighted by Gasteiger charge is 2.43. The molecule has 0 saturated heterocycles. The van der Waals surface area contributed by atoms with Gasteiger partial charge in [-0.1, -0.05) is 0 Å². The zero-order chi connectivity index (χ0) is 13.6. The molecule has 0 aliphatic heterocycles. The van der Waals surface area contributed by atoms with Crippen LogP contribution in [0.2, 0.25) is 0 Å². The third-order valence-corrected chi connectivity index (χ3v) is 5.54. The van der Waals surface area contributed by atoms with Crippen LogP contribution in [-0.2, 0) is 15.3 Å². The molecule has 18 heavy (non-hydrogen) atoms. The van der Waals surface area contributed by atoms with Gasteiger partial charge in [0.15, 0.2) is 9.84 Å². The summed E-state index contributed by atoms with van der Waals surface area (Å²) in [7, 11) is -3.43. The summed E-state index contributed by atoms with van der Waals surface area (Å²) >= 11 is 1.11. The monoisotopic (exact) mass is 289 g/mol. The predicted octanol–water partition coefficient (Wildman–Crippen LogP) is 1.94. The molecule has 1 saturated carbocycles. The van der Waals surface area contributed by atoms with E-state index < -0.39 is 15.7 Å². The molecule has 1 aliphatic rings. The summed E-state index contributed by atoms with van der Waals surface area (Å²) in [6.07, 6.45) is 4.56. The molecule has 1 fully saturated rings. The van der Waals surface area contributed by atoms with Crippen molar-refractivity contribution in [1.82, 2.24) is 0 Å². The Morgan fingerprint density at radius 2 is 2.06 bits per heavy atom. The molecule has 0 aromatic heterocycles. The van der Waals surface area contributed by atoms with Crippen molar-refractivity contribution in [1.29, 1.82) is 0 Å². The maximum Gasteiger partial charge on any atom is 0.176 e. The van der Waals surface area contributed by atoms with Gasteiger partial charge in [0.2, 0.25) is 0 Å². The highest BCUT2D eigenvalue weighted by Crippen LogP contribution is 2.48. The first-order valence-electron chi connectivity index (χ1n) is 5.62. The minimum atomic E-state index is -3.43. The van der Waals surface area contributed by atoms with Gasteiger partial charge < -0.3 is 5.73 Å². The lowest BCUT2D eigenvalue weighted by Crippen LogP contribution is -2.20. The van der Waals surface area contributed by atoms with Crippen molar-refractivity contribution in [3.63, 3.8) is 0 Å². The molecule has 0 atom stereocenters. The standard InChI is InChI=1S/C12H16FNO2S2/c1-17-11-9(13)5-8(12(7-14)3-4-12)6-10(11)18(2,15)16/h5-6H,3-4,7,14H2,1-2H3. The second-order valence-electron chi connectivity index (χ2n) is 4.75. The van der Waals surface area contributed by atoms with Crippen LogP contribution in [0.4, 0.5) is 4.39 Å². The van der Waals surface area contributed by atoms with E-state index >= 15 is 0 Å². The Bertz CT molecular complexity index is 580. The molecule has 1 aliphatic carbocycles. The van der Waals surface area contributed by atoms with Crippen LogP contribution >= 0.6 is 11.8 Å². The molecule has 3 nitrogen and oxygen atoms in total. The van der Waals surface area contributed by atoms with Crippen molar-refractivity contribution in [2.24, 2.45) is 5.73 Å². The fraction of sp³-hybridized carbons (Fsp3) is 0.500. The van der Waals surface area contributed by atoms with E-state index in [0.29, 0.717) is 12.1 Å². The summed E-state index contributed by atoms with van der Waals surface area (Å²) in [5, 5.41) is 0. The lowest BCUT2D eigenvalue weighted by Gasteiger charge is -2.16. The minimum Gasteiger partial charge on any atom is -0.330 e. The van der Waals surface area contributed by atoms with E-state index in [1.807, 2.05) is 0 Å². The van der Waals surface area contributed by atoms with E-state index in [-0.39, 0.29) is 15.2 Å². The van der Waals surface area contributed by atoms with Gasteiger partial charge in [-0.15, -0.1) is 11.8 Å². The Kier molecular flexibility index (Phi) is 3.46. The Morgan fingerprint density at radius 3 is 2.44 bits per heavy atom. The number of hydrogen-bond donors (Lipinski definition) is 1. The predicted molar refractivity (Wildman–Crippen MR) is 71.3 cm³/mol. The first-order chi connectivity index (χ1) is 8.34. The Hall–Kier alpha value is -0.590. The fourth-order valence-corrected chi connectivity index (χ4v) is 4.10. The first-order valence-corrected chi connectivity index (χ1v) is 8.74. The molecule has 2 N–H and O–H groups in total. The van der Waals surface area contributed by atoms with E-state index in [1.54, 1.807) is 12.3 Å². The SMILES string of the molecule is CSc1c(F)cc(C2(CN)CC2)cc1S(C)(=O)=O. The van der Waals surface area contributed by atoms with Crippen LogP contribution in [-0.4, -0.2) is 27.5 Å². The van der Waals surface area contributed by atoms with Crippen molar-refractivity contribution < 1.29 is 12.8 Å². The highest BCUT2D eigenvalue weighted by molar-refractivity contribution is 7.99. The van der Waals surface area contributed by atoms with Crippen molar-refractivity contribution >= 4 is 21.6 Å². The molecule has 2 rings (SSSR count). The zero-order valence-corrected chi connectivity index (χ0v) is 12.0. The number of sulfone groups is 1. The van der Waals surface area contributed by atoms with E-state index in [0.717, 1.165) is 30.9 Å². The summed E-state index contributed by atoms with van der Waals surface area (Å²) in [4.78, 5) is 0.263. The molecular weight excluding hydrogens is 273 g/mol. The van der Waals surface area contributed by atoms with Crippen LogP contribution in [0, 0.1) is 5.82 Å². The van der Waals surface area contributed by atoms with Gasteiger partial charge in [-0.05, 0) is 36.8 Å². The topological polar surface area (TPSA) is 60.2 Å². The largest absolute Gasteiger partial charge is 0.330 e. The van der Waals surface area contributed by atoms with Crippen molar-refractivity contribution in [3.8, 4) is 0 Å². The van der Waals surface area contributed by atoms with Gasteiger partial charge in [-0.25, -0.2) is 12.8 Å². The summed E-state index contributed by atoms with van der Waals surface area (Å²) in [5.41, 5.74) is 6.20. The molecule has 0 radical (unpaired) electrons. The van der Waals surface area contributed by atoms with Crippen LogP contribution in [0.15, 0.2) is 21.9 Å². The van der Waals surface area contributed by atoms with Gasteiger partial charge in [0.25, 0.3) is 0 Å². The number of halogens is 1. The quantitative estimate of drug-likeness (QED) is 0.861. The maximum atomic E-state index is 14.0. The molecule has 0 unspecified atom stereocenters. The summed E-state index contributed by atoms with van der Waals surface area (Å²) in [5.74, 6) is -0.472. The minimum absolute atomic E-state index is 0.0738. The number of hydrogen-bond acceptors (Lipinski definition) is 4. The van der Waals surface area contributed by atoms with E-state index in [9.17, 15) is 12.8 Å². The first kappa shape index (κ1) is 13.8. The normalized spacial score (nSPS) is 17.8. The van der Waals surface area contributed by atoms with Gasteiger partial charge in [0, 0.05) is 18.2 Å². The molecule has 1 aromatic rings. The summed E-state index contributed by atoms with van der Waals surface area (Å²) in [6, 6.07) is 3.02. The fourth-order valence-electron chi connectivity index (χ4n) is 2.11. The van der Waals surface area contributed by atoms with Gasteiger partial charge >= 0.3 is 0 Å². The van der Waals surface area contributed by atoms with Crippen LogP contribution in [0.1, 0.15) is 18.4 Å². The number of nitrogens with two attached hydrogens (primary N) is 1. The summed E-state index contributed by atoms with van der Waals surface area (Å²) in [6.45, 7) is 0.425. The van der Waals surface area contributed by atoms with Crippen molar-refractivity contribution in [2.75, 3.05) is 19.1 Å². The van der Waals surface area contributed by atoms with E-state index in [4.69, 9.17) is 5.73 Å². The average Bonchev–Trinajstić information content (AvgIpc) is 3.07. The van der Waals surface area contributed by atoms with Gasteiger partial charge in [-0.2, -0.15) is 0 Å². The number of thioether (sulfide) groups is 1. The molecular formula is C12H16FNO2S2. The molecule has 6 heteroatoms. The van der Waals surface area contributed by atoms with Crippen molar-refractivity contribution in [2.45, 2.75) is 28.0 Å². The van der Waals surface area contributed by atoms with Crippen LogP contribution in [0.25, 0.3) is 0 Å². The third-order valence-electron chi connectivity index (χ3n) is 3.47. The van der Waals surface area contributed by atoms with Crippen LogP contribution in [0.5, 0.6) is 0 Å². The molecule has 0 amide bonds. The molecule has 100 valence electrons. The van der Waals surface area contributed by atoms with Crippen LogP contribution < -0.4 is 5.73 Å². The molecule has 1 aromatic carbocycles. The number of benzene rings is 1. The smallest absolute Gasteiger partial charge is 0.176 e. The van der Waals surface area contributed by atoms with E-state index in [2.05, 4.69) is 0 Å². The molecule has 0 spiro atoms. The maximum absolute atomic E-state index is 14.0. The lowest BCUT2D eigenvalue weighted by atomic mass is 9.96. The molecule has 0 heterocycles. The van der Waals surface area contributed by atoms with Crippen LogP contribution in [0.3, 0.4) is 0 Å². The molecule has 0 bridgehead atoms.